The SMILES string of the molecule is CCNc1ccc(OC(F)(F)F)cc1CN1C(=O)O[C@H](c2cc(C(F)(F)F)cc(C(F)(F)F)c2)C1C. The van der Waals surface area contributed by atoms with Crippen molar-refractivity contribution < 1.29 is 53.8 Å². The van der Waals surface area contributed by atoms with Gasteiger partial charge in [-0.2, -0.15) is 26.3 Å². The third kappa shape index (κ3) is 6.26. The maximum Gasteiger partial charge on any atom is 0.573 e. The van der Waals surface area contributed by atoms with Crippen LogP contribution in [0.25, 0.3) is 0 Å². The Kier molecular flexibility index (Phi) is 7.29. The second kappa shape index (κ2) is 9.62. The Balaban J connectivity index is 1.96. The fourth-order valence-corrected chi connectivity index (χ4v) is 3.75. The molecule has 0 saturated carbocycles. The lowest BCUT2D eigenvalue weighted by Gasteiger charge is -2.24. The normalized spacial score (nSPS) is 18.9. The van der Waals surface area contributed by atoms with Crippen molar-refractivity contribution in [3.63, 3.8) is 0 Å². The van der Waals surface area contributed by atoms with Crippen molar-refractivity contribution in [2.75, 3.05) is 11.9 Å². The van der Waals surface area contributed by atoms with Gasteiger partial charge in [0.1, 0.15) is 11.9 Å². The molecule has 0 aliphatic carbocycles. The van der Waals surface area contributed by atoms with E-state index in [1.165, 1.54) is 13.0 Å². The summed E-state index contributed by atoms with van der Waals surface area (Å²) in [5.74, 6) is -0.580. The number of carbonyl (C=O) groups excluding carboxylic acids is 1. The molecule has 1 fully saturated rings. The predicted octanol–water partition coefficient (Wildman–Crippen LogP) is 7.14. The molecular weight excluding hydrogens is 511 g/mol. The zero-order valence-electron chi connectivity index (χ0n) is 18.6. The highest BCUT2D eigenvalue weighted by atomic mass is 19.4. The summed E-state index contributed by atoms with van der Waals surface area (Å²) in [6, 6.07) is 3.17. The smallest absolute Gasteiger partial charge is 0.439 e. The fraction of sp³-hybridized carbons (Fsp3) is 0.409. The van der Waals surface area contributed by atoms with E-state index in [1.54, 1.807) is 6.92 Å². The lowest BCUT2D eigenvalue weighted by atomic mass is 9.97. The predicted molar refractivity (Wildman–Crippen MR) is 108 cm³/mol. The van der Waals surface area contributed by atoms with E-state index in [-0.39, 0.29) is 18.2 Å². The van der Waals surface area contributed by atoms with E-state index in [2.05, 4.69) is 10.1 Å². The van der Waals surface area contributed by atoms with Gasteiger partial charge in [0.05, 0.1) is 23.7 Å². The van der Waals surface area contributed by atoms with Crippen molar-refractivity contribution >= 4 is 11.8 Å². The molecule has 1 saturated heterocycles. The summed E-state index contributed by atoms with van der Waals surface area (Å²) in [6.45, 7) is 3.04. The van der Waals surface area contributed by atoms with Gasteiger partial charge in [0.2, 0.25) is 0 Å². The number of cyclic esters (lactones) is 1. The van der Waals surface area contributed by atoms with Gasteiger partial charge in [-0.3, -0.25) is 4.90 Å². The zero-order valence-corrected chi connectivity index (χ0v) is 18.6. The topological polar surface area (TPSA) is 50.8 Å². The number of alkyl halides is 9. The monoisotopic (exact) mass is 530 g/mol. The van der Waals surface area contributed by atoms with Crippen molar-refractivity contribution in [3.05, 3.63) is 58.7 Å². The summed E-state index contributed by atoms with van der Waals surface area (Å²) in [4.78, 5) is 13.5. The van der Waals surface area contributed by atoms with E-state index in [0.29, 0.717) is 24.4 Å². The van der Waals surface area contributed by atoms with Crippen LogP contribution in [0.1, 0.15) is 42.2 Å². The Bertz CT molecular complexity index is 1080. The Morgan fingerprint density at radius 2 is 1.53 bits per heavy atom. The number of halogens is 9. The zero-order chi connectivity index (χ0) is 27.1. The minimum atomic E-state index is -5.10. The van der Waals surface area contributed by atoms with Crippen LogP contribution in [0.4, 0.5) is 50.0 Å². The molecule has 1 aliphatic rings. The first-order chi connectivity index (χ1) is 16.5. The first-order valence-electron chi connectivity index (χ1n) is 10.4. The van der Waals surface area contributed by atoms with Crippen LogP contribution in [0.3, 0.4) is 0 Å². The Labute approximate surface area is 198 Å². The number of anilines is 1. The Morgan fingerprint density at radius 1 is 0.944 bits per heavy atom. The molecule has 0 spiro atoms. The lowest BCUT2D eigenvalue weighted by Crippen LogP contribution is -2.32. The first kappa shape index (κ1) is 27.3. The number of nitrogens with one attached hydrogen (secondary N) is 1. The molecule has 0 aromatic heterocycles. The molecule has 3 rings (SSSR count). The second-order valence-electron chi connectivity index (χ2n) is 7.91. The molecule has 2 atom stereocenters. The lowest BCUT2D eigenvalue weighted by molar-refractivity contribution is -0.274. The molecular formula is C22H19F9N2O3. The molecule has 5 nitrogen and oxygen atoms in total. The molecule has 1 N–H and O–H groups in total. The first-order valence-corrected chi connectivity index (χ1v) is 10.4. The van der Waals surface area contributed by atoms with Gasteiger partial charge in [0.25, 0.3) is 0 Å². The van der Waals surface area contributed by atoms with Gasteiger partial charge in [-0.05, 0) is 61.4 Å². The fourth-order valence-electron chi connectivity index (χ4n) is 3.75. The molecule has 1 amide bonds. The summed E-state index contributed by atoms with van der Waals surface area (Å²) in [7, 11) is 0. The number of nitrogens with zero attached hydrogens (tertiary/aromatic N) is 1. The Hall–Kier alpha value is -3.32. The number of carbonyl (C=O) groups is 1. The summed E-state index contributed by atoms with van der Waals surface area (Å²) in [5.41, 5.74) is -3.17. The van der Waals surface area contributed by atoms with Crippen molar-refractivity contribution in [3.8, 4) is 5.75 Å². The van der Waals surface area contributed by atoms with Gasteiger partial charge >= 0.3 is 24.8 Å². The number of ether oxygens (including phenoxy) is 2. The van der Waals surface area contributed by atoms with Crippen LogP contribution < -0.4 is 10.1 Å². The van der Waals surface area contributed by atoms with Crippen molar-refractivity contribution in [1.29, 1.82) is 0 Å². The minimum Gasteiger partial charge on any atom is -0.439 e. The van der Waals surface area contributed by atoms with Crippen LogP contribution in [0.5, 0.6) is 5.75 Å². The summed E-state index contributed by atoms with van der Waals surface area (Å²) < 4.78 is 126. The summed E-state index contributed by atoms with van der Waals surface area (Å²) in [5, 5.41) is 2.90. The van der Waals surface area contributed by atoms with Gasteiger partial charge in [-0.1, -0.05) is 0 Å². The van der Waals surface area contributed by atoms with Crippen molar-refractivity contribution in [2.45, 2.75) is 51.3 Å². The molecule has 0 bridgehead atoms. The maximum atomic E-state index is 13.2. The van der Waals surface area contributed by atoms with Crippen LogP contribution in [0.15, 0.2) is 36.4 Å². The van der Waals surface area contributed by atoms with E-state index in [0.717, 1.165) is 17.0 Å². The minimum absolute atomic E-state index is 0.0441. The highest BCUT2D eigenvalue weighted by molar-refractivity contribution is 5.72. The van der Waals surface area contributed by atoms with Crippen molar-refractivity contribution in [2.24, 2.45) is 0 Å². The molecule has 2 aromatic rings. The average molecular weight is 530 g/mol. The number of benzene rings is 2. The molecule has 0 radical (unpaired) electrons. The van der Waals surface area contributed by atoms with E-state index >= 15 is 0 Å². The van der Waals surface area contributed by atoms with Gasteiger partial charge in [0, 0.05) is 12.2 Å². The summed E-state index contributed by atoms with van der Waals surface area (Å²) >= 11 is 0. The van der Waals surface area contributed by atoms with Gasteiger partial charge in [-0.25, -0.2) is 4.79 Å². The van der Waals surface area contributed by atoms with Gasteiger partial charge in [-0.15, -0.1) is 13.2 Å². The molecule has 1 aliphatic heterocycles. The Morgan fingerprint density at radius 3 is 2.03 bits per heavy atom. The van der Waals surface area contributed by atoms with Crippen molar-refractivity contribution in [1.82, 2.24) is 4.90 Å². The molecule has 14 heteroatoms. The highest BCUT2D eigenvalue weighted by Gasteiger charge is 2.43. The van der Waals surface area contributed by atoms with Gasteiger partial charge < -0.3 is 14.8 Å². The highest BCUT2D eigenvalue weighted by Crippen LogP contribution is 2.41. The van der Waals surface area contributed by atoms with E-state index < -0.39 is 59.4 Å². The second-order valence-corrected chi connectivity index (χ2v) is 7.91. The molecule has 1 heterocycles. The molecule has 198 valence electrons. The third-order valence-corrected chi connectivity index (χ3v) is 5.35. The molecule has 36 heavy (non-hydrogen) atoms. The standard InChI is InChI=1S/C22H19F9N2O3/c1-3-32-17-5-4-16(36-22(29,30)31)8-13(17)10-33-11(2)18(35-19(33)34)12-6-14(20(23,24)25)9-15(7-12)21(26,27)28/h4-9,11,18,32H,3,10H2,1-2H3/t11?,18-/m0/s1. The van der Waals surface area contributed by atoms with Crippen LogP contribution in [-0.2, 0) is 23.6 Å². The van der Waals surface area contributed by atoms with Crippen LogP contribution in [0.2, 0.25) is 0 Å². The third-order valence-electron chi connectivity index (χ3n) is 5.35. The van der Waals surface area contributed by atoms with Crippen LogP contribution in [-0.4, -0.2) is 29.9 Å². The number of rotatable bonds is 6. The average Bonchev–Trinajstić information content (AvgIpc) is 3.01. The number of hydrogen-bond acceptors (Lipinski definition) is 4. The van der Waals surface area contributed by atoms with Crippen LogP contribution >= 0.6 is 0 Å². The van der Waals surface area contributed by atoms with E-state index in [9.17, 15) is 44.3 Å². The summed E-state index contributed by atoms with van der Waals surface area (Å²) in [6.07, 6.45) is -17.7. The maximum absolute atomic E-state index is 13.2. The molecule has 1 unspecified atom stereocenters. The quantitative estimate of drug-likeness (QED) is 0.404. The van der Waals surface area contributed by atoms with Gasteiger partial charge in [0.15, 0.2) is 0 Å². The van der Waals surface area contributed by atoms with E-state index in [4.69, 9.17) is 4.74 Å². The largest absolute Gasteiger partial charge is 0.573 e. The van der Waals surface area contributed by atoms with Crippen LogP contribution in [0, 0.1) is 0 Å². The number of hydrogen-bond donors (Lipinski definition) is 1. The molecule has 2 aromatic carbocycles. The number of amides is 1. The van der Waals surface area contributed by atoms with E-state index in [1.807, 2.05) is 0 Å².